The highest BCUT2D eigenvalue weighted by molar-refractivity contribution is 5.78. The summed E-state index contributed by atoms with van der Waals surface area (Å²) in [5, 5.41) is 11.4. The van der Waals surface area contributed by atoms with E-state index < -0.39 is 23.7 Å². The van der Waals surface area contributed by atoms with E-state index in [1.165, 1.54) is 24.3 Å². The number of carboxylic acid groups (broad SMARTS) is 1. The van der Waals surface area contributed by atoms with Gasteiger partial charge >= 0.3 is 5.97 Å². The number of nitrogens with one attached hydrogen (secondary N) is 1. The van der Waals surface area contributed by atoms with Gasteiger partial charge in [0.15, 0.2) is 0 Å². The normalized spacial score (nSPS) is 11.9. The number of rotatable bonds is 8. The second-order valence-corrected chi connectivity index (χ2v) is 4.32. The molecule has 0 fully saturated rings. The van der Waals surface area contributed by atoms with Gasteiger partial charge in [-0.25, -0.2) is 4.39 Å². The minimum atomic E-state index is -1.05. The number of hydrogen-bond acceptors (Lipinski definition) is 3. The smallest absolute Gasteiger partial charge is 0.305 e. The maximum absolute atomic E-state index is 12.9. The van der Waals surface area contributed by atoms with Crippen LogP contribution in [0.15, 0.2) is 24.3 Å². The van der Waals surface area contributed by atoms with Crippen LogP contribution >= 0.6 is 0 Å². The highest BCUT2D eigenvalue weighted by Crippen LogP contribution is 2.17. The highest BCUT2D eigenvalue weighted by Gasteiger charge is 2.18. The summed E-state index contributed by atoms with van der Waals surface area (Å²) in [4.78, 5) is 22.5. The van der Waals surface area contributed by atoms with Crippen LogP contribution in [0.3, 0.4) is 0 Å². The van der Waals surface area contributed by atoms with E-state index in [1.54, 1.807) is 0 Å². The van der Waals surface area contributed by atoms with Crippen LogP contribution < -0.4 is 5.32 Å². The molecule has 110 valence electrons. The minimum Gasteiger partial charge on any atom is -0.481 e. The maximum atomic E-state index is 12.9. The summed E-state index contributed by atoms with van der Waals surface area (Å²) in [5.41, 5.74) is 0.539. The van der Waals surface area contributed by atoms with E-state index in [0.717, 1.165) is 6.42 Å². The molecule has 20 heavy (non-hydrogen) atoms. The molecule has 0 radical (unpaired) electrons. The molecule has 2 N–H and O–H groups in total. The molecular formula is C14H18FNO4. The Bertz CT molecular complexity index is 447. The van der Waals surface area contributed by atoms with Gasteiger partial charge in [0, 0.05) is 6.61 Å². The molecule has 1 aromatic carbocycles. The van der Waals surface area contributed by atoms with Gasteiger partial charge in [0.2, 0.25) is 5.91 Å². The Morgan fingerprint density at radius 2 is 2.00 bits per heavy atom. The van der Waals surface area contributed by atoms with Crippen LogP contribution in [-0.4, -0.2) is 30.2 Å². The van der Waals surface area contributed by atoms with E-state index in [4.69, 9.17) is 9.84 Å². The molecule has 1 atom stereocenters. The van der Waals surface area contributed by atoms with Crippen LogP contribution in [0, 0.1) is 5.82 Å². The van der Waals surface area contributed by atoms with Crippen molar-refractivity contribution >= 4 is 11.9 Å². The number of aliphatic carboxylic acids is 1. The quantitative estimate of drug-likeness (QED) is 0.714. The van der Waals surface area contributed by atoms with Gasteiger partial charge in [0.1, 0.15) is 12.4 Å². The minimum absolute atomic E-state index is 0.120. The summed E-state index contributed by atoms with van der Waals surface area (Å²) in [6, 6.07) is 4.66. The van der Waals surface area contributed by atoms with E-state index in [1.807, 2.05) is 6.92 Å². The van der Waals surface area contributed by atoms with Gasteiger partial charge in [0.05, 0.1) is 12.5 Å². The van der Waals surface area contributed by atoms with E-state index >= 15 is 0 Å². The summed E-state index contributed by atoms with van der Waals surface area (Å²) in [6.45, 7) is 2.27. The van der Waals surface area contributed by atoms with Crippen LogP contribution in [0.2, 0.25) is 0 Å². The van der Waals surface area contributed by atoms with Crippen LogP contribution in [0.25, 0.3) is 0 Å². The zero-order chi connectivity index (χ0) is 15.0. The van der Waals surface area contributed by atoms with E-state index in [9.17, 15) is 14.0 Å². The van der Waals surface area contributed by atoms with Crippen LogP contribution in [0.4, 0.5) is 4.39 Å². The highest BCUT2D eigenvalue weighted by atomic mass is 19.1. The van der Waals surface area contributed by atoms with Crippen molar-refractivity contribution in [3.63, 3.8) is 0 Å². The second-order valence-electron chi connectivity index (χ2n) is 4.32. The Labute approximate surface area is 116 Å². The molecule has 0 aliphatic carbocycles. The third-order valence-electron chi connectivity index (χ3n) is 2.57. The molecule has 0 heterocycles. The van der Waals surface area contributed by atoms with Crippen molar-refractivity contribution in [3.8, 4) is 0 Å². The largest absolute Gasteiger partial charge is 0.481 e. The van der Waals surface area contributed by atoms with Crippen molar-refractivity contribution in [3.05, 3.63) is 35.6 Å². The molecule has 1 unspecified atom stereocenters. The monoisotopic (exact) mass is 283 g/mol. The summed E-state index contributed by atoms with van der Waals surface area (Å²) < 4.78 is 17.9. The fourth-order valence-corrected chi connectivity index (χ4v) is 1.67. The average molecular weight is 283 g/mol. The molecule has 0 saturated carbocycles. The summed E-state index contributed by atoms with van der Waals surface area (Å²) in [6.07, 6.45) is 0.523. The van der Waals surface area contributed by atoms with E-state index in [0.29, 0.717) is 12.2 Å². The van der Waals surface area contributed by atoms with Crippen molar-refractivity contribution in [2.45, 2.75) is 25.8 Å². The third kappa shape index (κ3) is 5.79. The van der Waals surface area contributed by atoms with Gasteiger partial charge in [-0.05, 0) is 24.1 Å². The lowest BCUT2D eigenvalue weighted by atomic mass is 10.0. The SMILES string of the molecule is CCCOCC(=O)NC(CC(=O)O)c1ccc(F)cc1. The summed E-state index contributed by atoms with van der Waals surface area (Å²) in [7, 11) is 0. The molecule has 5 nitrogen and oxygen atoms in total. The Hall–Kier alpha value is -1.95. The number of halogens is 1. The number of amides is 1. The number of benzene rings is 1. The number of ether oxygens (including phenoxy) is 1. The predicted molar refractivity (Wildman–Crippen MR) is 70.6 cm³/mol. The maximum Gasteiger partial charge on any atom is 0.305 e. The lowest BCUT2D eigenvalue weighted by Gasteiger charge is -2.17. The number of carbonyl (C=O) groups is 2. The standard InChI is InChI=1S/C14H18FNO4/c1-2-7-20-9-13(17)16-12(8-14(18)19)10-3-5-11(15)6-4-10/h3-6,12H,2,7-9H2,1H3,(H,16,17)(H,18,19). The molecule has 1 rings (SSSR count). The fraction of sp³-hybridized carbons (Fsp3) is 0.429. The van der Waals surface area contributed by atoms with Crippen molar-refractivity contribution in [2.75, 3.05) is 13.2 Å². The topological polar surface area (TPSA) is 75.6 Å². The molecule has 0 spiro atoms. The Kier molecular flexibility index (Phi) is 6.66. The average Bonchev–Trinajstić information content (AvgIpc) is 2.38. The first-order valence-corrected chi connectivity index (χ1v) is 6.37. The molecule has 0 aliphatic rings. The number of carbonyl (C=O) groups excluding carboxylic acids is 1. The third-order valence-corrected chi connectivity index (χ3v) is 2.57. The summed E-state index contributed by atoms with van der Waals surface area (Å²) in [5.74, 6) is -1.86. The lowest BCUT2D eigenvalue weighted by molar-refractivity contribution is -0.138. The van der Waals surface area contributed by atoms with Gasteiger partial charge in [-0.1, -0.05) is 19.1 Å². The van der Waals surface area contributed by atoms with Gasteiger partial charge < -0.3 is 15.2 Å². The van der Waals surface area contributed by atoms with Crippen molar-refractivity contribution in [2.24, 2.45) is 0 Å². The summed E-state index contributed by atoms with van der Waals surface area (Å²) >= 11 is 0. The van der Waals surface area contributed by atoms with Gasteiger partial charge in [-0.15, -0.1) is 0 Å². The molecule has 0 aromatic heterocycles. The van der Waals surface area contributed by atoms with Gasteiger partial charge in [0.25, 0.3) is 0 Å². The number of hydrogen-bond donors (Lipinski definition) is 2. The first kappa shape index (κ1) is 16.1. The predicted octanol–water partition coefficient (Wildman–Crippen LogP) is 1.88. The van der Waals surface area contributed by atoms with Crippen molar-refractivity contribution < 1.29 is 23.8 Å². The molecule has 0 aliphatic heterocycles. The first-order chi connectivity index (χ1) is 9.52. The number of carboxylic acids is 1. The van der Waals surface area contributed by atoms with E-state index in [-0.39, 0.29) is 13.0 Å². The molecule has 1 amide bonds. The molecule has 0 bridgehead atoms. The fourth-order valence-electron chi connectivity index (χ4n) is 1.67. The van der Waals surface area contributed by atoms with E-state index in [2.05, 4.69) is 5.32 Å². The van der Waals surface area contributed by atoms with Crippen LogP contribution in [-0.2, 0) is 14.3 Å². The Balaban J connectivity index is 2.67. The Morgan fingerprint density at radius 3 is 2.55 bits per heavy atom. The zero-order valence-electron chi connectivity index (χ0n) is 11.3. The van der Waals surface area contributed by atoms with Crippen molar-refractivity contribution in [1.29, 1.82) is 0 Å². The van der Waals surface area contributed by atoms with Crippen molar-refractivity contribution in [1.82, 2.24) is 5.32 Å². The lowest BCUT2D eigenvalue weighted by Crippen LogP contribution is -2.33. The molecule has 0 saturated heterocycles. The van der Waals surface area contributed by atoms with Gasteiger partial charge in [-0.2, -0.15) is 0 Å². The Morgan fingerprint density at radius 1 is 1.35 bits per heavy atom. The van der Waals surface area contributed by atoms with Gasteiger partial charge in [-0.3, -0.25) is 9.59 Å². The molecule has 6 heteroatoms. The zero-order valence-corrected chi connectivity index (χ0v) is 11.3. The second kappa shape index (κ2) is 8.27. The molecule has 1 aromatic rings. The first-order valence-electron chi connectivity index (χ1n) is 6.37. The van der Waals surface area contributed by atoms with Crippen LogP contribution in [0.5, 0.6) is 0 Å². The van der Waals surface area contributed by atoms with Crippen LogP contribution in [0.1, 0.15) is 31.4 Å². The molecular weight excluding hydrogens is 265 g/mol.